The third-order valence-electron chi connectivity index (χ3n) is 5.23. The fourth-order valence-corrected chi connectivity index (χ4v) is 5.68. The Balaban J connectivity index is 1.94. The van der Waals surface area contributed by atoms with Gasteiger partial charge in [-0.1, -0.05) is 52.2 Å². The van der Waals surface area contributed by atoms with Crippen LogP contribution in [0.1, 0.15) is 36.0 Å². The Morgan fingerprint density at radius 2 is 1.52 bits per heavy atom. The minimum absolute atomic E-state index is 0.0352. The number of Topliss-reactive ketones (excluding diaryl/α,β-unsaturated/α-hetero) is 1. The maximum Gasteiger partial charge on any atom is 0.256 e. The molecule has 0 saturated heterocycles. The van der Waals surface area contributed by atoms with E-state index < -0.39 is 77.2 Å². The molecule has 2 aromatic rings. The molecule has 1 saturated carbocycles. The Bertz CT molecular complexity index is 1090. The minimum Gasteiger partial charge on any atom is -0.333 e. The summed E-state index contributed by atoms with van der Waals surface area (Å²) in [6, 6.07) is 14.1. The Kier molecular flexibility index (Phi) is 7.74. The Hall–Kier alpha value is -2.12. The van der Waals surface area contributed by atoms with Crippen LogP contribution >= 0.6 is 0 Å². The van der Waals surface area contributed by atoms with Crippen molar-refractivity contribution in [1.29, 1.82) is 0 Å². The van der Waals surface area contributed by atoms with Crippen molar-refractivity contribution in [2.45, 2.75) is 48.5 Å². The number of ether oxygens (including phenoxy) is 1. The summed E-state index contributed by atoms with van der Waals surface area (Å²) < 4.78 is 95.3. The summed E-state index contributed by atoms with van der Waals surface area (Å²) in [5.41, 5.74) is 0.0352. The first kappa shape index (κ1) is 25.5. The van der Waals surface area contributed by atoms with Crippen LogP contribution < -0.4 is 0 Å². The maximum atomic E-state index is 15.3. The molecule has 0 aliphatic heterocycles. The van der Waals surface area contributed by atoms with Crippen LogP contribution in [0.15, 0.2) is 65.6 Å². The highest BCUT2D eigenvalue weighted by Crippen LogP contribution is 2.42. The molecule has 0 spiro atoms. The number of hydrogen-bond donors (Lipinski definition) is 1. The van der Waals surface area contributed by atoms with Crippen molar-refractivity contribution in [3.63, 3.8) is 0 Å². The van der Waals surface area contributed by atoms with E-state index in [-0.39, 0.29) is 14.2 Å². The fraction of sp³-hybridized carbons (Fsp3) is 0.381. The first-order valence-corrected chi connectivity index (χ1v) is 12.5. The van der Waals surface area contributed by atoms with Crippen molar-refractivity contribution in [2.24, 2.45) is 0 Å². The van der Waals surface area contributed by atoms with Gasteiger partial charge >= 0.3 is 0 Å². The first-order valence-electron chi connectivity index (χ1n) is 9.96. The standard InChI is InChI=1S/C21H22F3NO6S2/c22-20(23)11-13-21(24,14-12-20)31-18(19(26)16-7-3-1-4-8-16)15-25(32(27)28)33(29,30)17-9-5-2-6-10-17/h1-10,18H,11-15H2,(H,27,28). The molecule has 2 aromatic carbocycles. The van der Waals surface area contributed by atoms with Gasteiger partial charge in [0, 0.05) is 31.2 Å². The van der Waals surface area contributed by atoms with E-state index >= 15 is 4.39 Å². The monoisotopic (exact) mass is 505 g/mol. The summed E-state index contributed by atoms with van der Waals surface area (Å²) in [6.07, 6.45) is -4.92. The first-order chi connectivity index (χ1) is 15.4. The van der Waals surface area contributed by atoms with E-state index in [1.807, 2.05) is 0 Å². The average Bonchev–Trinajstić information content (AvgIpc) is 2.79. The molecular formula is C21H22F3NO6S2. The van der Waals surface area contributed by atoms with Gasteiger partial charge in [-0.25, -0.2) is 25.8 Å². The van der Waals surface area contributed by atoms with Crippen LogP contribution in [0.5, 0.6) is 0 Å². The maximum absolute atomic E-state index is 15.3. The van der Waals surface area contributed by atoms with E-state index in [0.717, 1.165) is 0 Å². The Labute approximate surface area is 192 Å². The van der Waals surface area contributed by atoms with Gasteiger partial charge in [-0.15, -0.1) is 0 Å². The smallest absolute Gasteiger partial charge is 0.256 e. The SMILES string of the molecule is O=C(c1ccccc1)C(CN(S(=O)O)S(=O)(=O)c1ccccc1)OC1(F)CCC(F)(F)CC1. The molecule has 0 amide bonds. The molecule has 0 bridgehead atoms. The van der Waals surface area contributed by atoms with E-state index in [2.05, 4.69) is 0 Å². The van der Waals surface area contributed by atoms with E-state index in [0.29, 0.717) is 0 Å². The molecule has 2 atom stereocenters. The molecule has 1 N–H and O–H groups in total. The van der Waals surface area contributed by atoms with Gasteiger partial charge in [0.15, 0.2) is 5.78 Å². The molecule has 180 valence electrons. The van der Waals surface area contributed by atoms with Crippen molar-refractivity contribution in [3.05, 3.63) is 66.2 Å². The molecule has 0 heterocycles. The lowest BCUT2D eigenvalue weighted by Gasteiger charge is -2.36. The van der Waals surface area contributed by atoms with Gasteiger partial charge in [0.05, 0.1) is 11.4 Å². The van der Waals surface area contributed by atoms with E-state index in [1.165, 1.54) is 54.6 Å². The van der Waals surface area contributed by atoms with Crippen LogP contribution in [0.3, 0.4) is 0 Å². The van der Waals surface area contributed by atoms with Crippen LogP contribution in [0.4, 0.5) is 13.2 Å². The number of benzene rings is 2. The predicted molar refractivity (Wildman–Crippen MR) is 114 cm³/mol. The number of carbonyl (C=O) groups excluding carboxylic acids is 1. The van der Waals surface area contributed by atoms with E-state index in [9.17, 15) is 30.8 Å². The lowest BCUT2D eigenvalue weighted by molar-refractivity contribution is -0.213. The number of ketones is 1. The summed E-state index contributed by atoms with van der Waals surface area (Å²) in [5, 5.41) is 0. The molecule has 0 aromatic heterocycles. The summed E-state index contributed by atoms with van der Waals surface area (Å²) in [7, 11) is -4.58. The van der Waals surface area contributed by atoms with Gasteiger partial charge in [0.25, 0.3) is 10.0 Å². The second kappa shape index (κ2) is 10.0. The van der Waals surface area contributed by atoms with Crippen LogP contribution in [-0.4, -0.2) is 51.1 Å². The Morgan fingerprint density at radius 1 is 1.00 bits per heavy atom. The minimum atomic E-state index is -4.58. The van der Waals surface area contributed by atoms with Crippen molar-refractivity contribution in [2.75, 3.05) is 6.54 Å². The van der Waals surface area contributed by atoms with Gasteiger partial charge < -0.3 is 4.74 Å². The number of halogens is 3. The van der Waals surface area contributed by atoms with Gasteiger partial charge in [-0.2, -0.15) is 0 Å². The van der Waals surface area contributed by atoms with Crippen molar-refractivity contribution in [3.8, 4) is 0 Å². The number of hydrogen-bond acceptors (Lipinski definition) is 5. The van der Waals surface area contributed by atoms with Gasteiger partial charge in [-0.3, -0.25) is 9.35 Å². The molecule has 33 heavy (non-hydrogen) atoms. The van der Waals surface area contributed by atoms with Crippen molar-refractivity contribution in [1.82, 2.24) is 3.71 Å². The topological polar surface area (TPSA) is 101 Å². The van der Waals surface area contributed by atoms with Crippen LogP contribution in [0, 0.1) is 0 Å². The highest BCUT2D eigenvalue weighted by molar-refractivity contribution is 7.99. The molecule has 7 nitrogen and oxygen atoms in total. The largest absolute Gasteiger partial charge is 0.333 e. The number of rotatable bonds is 9. The van der Waals surface area contributed by atoms with Gasteiger partial charge in [-0.05, 0) is 12.1 Å². The fourth-order valence-electron chi connectivity index (χ4n) is 3.42. The third kappa shape index (κ3) is 6.27. The van der Waals surface area contributed by atoms with Crippen molar-refractivity contribution >= 4 is 27.1 Å². The average molecular weight is 506 g/mol. The summed E-state index contributed by atoms with van der Waals surface area (Å²) in [5.74, 6) is -6.56. The zero-order valence-electron chi connectivity index (χ0n) is 17.3. The molecule has 12 heteroatoms. The van der Waals surface area contributed by atoms with E-state index in [1.54, 1.807) is 6.07 Å². The Morgan fingerprint density at radius 3 is 2.03 bits per heavy atom. The molecule has 1 fully saturated rings. The van der Waals surface area contributed by atoms with Gasteiger partial charge in [0.1, 0.15) is 6.10 Å². The summed E-state index contributed by atoms with van der Waals surface area (Å²) >= 11 is -3.13. The highest BCUT2D eigenvalue weighted by Gasteiger charge is 2.47. The summed E-state index contributed by atoms with van der Waals surface area (Å²) in [4.78, 5) is 12.7. The van der Waals surface area contributed by atoms with Crippen molar-refractivity contribution < 1.29 is 39.9 Å². The predicted octanol–water partition coefficient (Wildman–Crippen LogP) is 3.96. The zero-order chi connectivity index (χ0) is 24.3. The van der Waals surface area contributed by atoms with E-state index in [4.69, 9.17) is 4.74 Å². The van der Waals surface area contributed by atoms with Crippen LogP contribution in [0.2, 0.25) is 0 Å². The molecular weight excluding hydrogens is 483 g/mol. The normalized spacial score (nSPS) is 19.7. The molecule has 1 aliphatic rings. The molecule has 3 rings (SSSR count). The second-order valence-corrected chi connectivity index (χ2v) is 10.6. The third-order valence-corrected chi connectivity index (χ3v) is 8.25. The number of nitrogens with zero attached hydrogens (tertiary/aromatic N) is 1. The molecule has 2 unspecified atom stereocenters. The molecule has 1 aliphatic carbocycles. The number of alkyl halides is 3. The lowest BCUT2D eigenvalue weighted by Crippen LogP contribution is -2.48. The van der Waals surface area contributed by atoms with Crippen LogP contribution in [0.25, 0.3) is 0 Å². The van der Waals surface area contributed by atoms with Gasteiger partial charge in [0.2, 0.25) is 23.0 Å². The molecule has 0 radical (unpaired) electrons. The van der Waals surface area contributed by atoms with Crippen LogP contribution in [-0.2, 0) is 26.0 Å². The quantitative estimate of drug-likeness (QED) is 0.409. The lowest BCUT2D eigenvalue weighted by atomic mass is 9.92. The number of carbonyl (C=O) groups is 1. The zero-order valence-corrected chi connectivity index (χ0v) is 18.9. The highest BCUT2D eigenvalue weighted by atomic mass is 32.3. The second-order valence-electron chi connectivity index (χ2n) is 7.61. The number of sulfonamides is 1. The summed E-state index contributed by atoms with van der Waals surface area (Å²) in [6.45, 7) is -1.00.